The van der Waals surface area contributed by atoms with Gasteiger partial charge in [-0.15, -0.1) is 0 Å². The van der Waals surface area contributed by atoms with E-state index < -0.39 is 23.5 Å². The zero-order chi connectivity index (χ0) is 15.1. The summed E-state index contributed by atoms with van der Waals surface area (Å²) >= 11 is 0. The van der Waals surface area contributed by atoms with Crippen LogP contribution in [-0.4, -0.2) is 52.9 Å². The fraction of sp³-hybridized carbons (Fsp3) is 0.846. The van der Waals surface area contributed by atoms with E-state index in [9.17, 15) is 9.59 Å². The second kappa shape index (κ2) is 7.99. The van der Waals surface area contributed by atoms with Crippen LogP contribution in [0.2, 0.25) is 0 Å². The van der Waals surface area contributed by atoms with E-state index in [4.69, 9.17) is 10.2 Å². The molecule has 6 nitrogen and oxygen atoms in total. The van der Waals surface area contributed by atoms with E-state index in [1.54, 1.807) is 20.8 Å². The number of aliphatic hydroxyl groups is 1. The smallest absolute Gasteiger partial charge is 0.326 e. The quantitative estimate of drug-likeness (QED) is 0.652. The molecule has 1 atom stereocenters. The van der Waals surface area contributed by atoms with Crippen LogP contribution < -0.4 is 5.32 Å². The summed E-state index contributed by atoms with van der Waals surface area (Å²) in [7, 11) is 0. The SMILES string of the molecule is CCCCN(CCO)C(=O)N[C@H](C(=O)O)C(C)(C)C. The lowest BCUT2D eigenvalue weighted by molar-refractivity contribution is -0.142. The molecule has 0 fully saturated rings. The van der Waals surface area contributed by atoms with E-state index in [-0.39, 0.29) is 13.2 Å². The van der Waals surface area contributed by atoms with Crippen molar-refractivity contribution in [2.75, 3.05) is 19.7 Å². The first-order valence-electron chi connectivity index (χ1n) is 6.63. The molecule has 0 aliphatic carbocycles. The third-order valence-electron chi connectivity index (χ3n) is 2.82. The van der Waals surface area contributed by atoms with Crippen molar-refractivity contribution in [3.63, 3.8) is 0 Å². The molecule has 0 bridgehead atoms. The molecule has 0 aliphatic heterocycles. The van der Waals surface area contributed by atoms with Gasteiger partial charge in [0.25, 0.3) is 0 Å². The van der Waals surface area contributed by atoms with Crippen LogP contribution in [0.25, 0.3) is 0 Å². The van der Waals surface area contributed by atoms with Gasteiger partial charge in [0.15, 0.2) is 0 Å². The van der Waals surface area contributed by atoms with E-state index >= 15 is 0 Å². The largest absolute Gasteiger partial charge is 0.480 e. The zero-order valence-corrected chi connectivity index (χ0v) is 12.3. The number of unbranched alkanes of at least 4 members (excludes halogenated alkanes) is 1. The molecule has 19 heavy (non-hydrogen) atoms. The number of aliphatic hydroxyl groups excluding tert-OH is 1. The first kappa shape index (κ1) is 17.7. The van der Waals surface area contributed by atoms with Crippen LogP contribution in [0.5, 0.6) is 0 Å². The number of amides is 2. The molecule has 2 amide bonds. The number of hydrogen-bond donors (Lipinski definition) is 3. The Labute approximate surface area is 114 Å². The van der Waals surface area contributed by atoms with E-state index in [0.29, 0.717) is 6.54 Å². The normalized spacial score (nSPS) is 12.9. The van der Waals surface area contributed by atoms with Gasteiger partial charge in [-0.3, -0.25) is 0 Å². The molecular formula is C13H26N2O4. The van der Waals surface area contributed by atoms with Crippen LogP contribution in [0.3, 0.4) is 0 Å². The standard InChI is InChI=1S/C13H26N2O4/c1-5-6-7-15(8-9-16)12(19)14-10(11(17)18)13(2,3)4/h10,16H,5-9H2,1-4H3,(H,14,19)(H,17,18)/t10-/m1/s1. The Morgan fingerprint density at radius 3 is 2.21 bits per heavy atom. The van der Waals surface area contributed by atoms with Crippen molar-refractivity contribution in [1.82, 2.24) is 10.2 Å². The van der Waals surface area contributed by atoms with Gasteiger partial charge in [0.2, 0.25) is 0 Å². The second-order valence-corrected chi connectivity index (χ2v) is 5.65. The van der Waals surface area contributed by atoms with Crippen LogP contribution >= 0.6 is 0 Å². The Balaban J connectivity index is 4.71. The predicted octanol–water partition coefficient (Wildman–Crippen LogP) is 1.29. The van der Waals surface area contributed by atoms with Crippen molar-refractivity contribution in [2.24, 2.45) is 5.41 Å². The van der Waals surface area contributed by atoms with E-state index in [0.717, 1.165) is 12.8 Å². The lowest BCUT2D eigenvalue weighted by atomic mass is 9.87. The number of carboxylic acids is 1. The molecule has 0 aliphatic rings. The number of carbonyl (C=O) groups excluding carboxylic acids is 1. The van der Waals surface area contributed by atoms with Gasteiger partial charge in [0, 0.05) is 13.1 Å². The van der Waals surface area contributed by atoms with Crippen molar-refractivity contribution in [1.29, 1.82) is 0 Å². The third-order valence-corrected chi connectivity index (χ3v) is 2.82. The molecular weight excluding hydrogens is 248 g/mol. The van der Waals surface area contributed by atoms with Gasteiger partial charge in [0.05, 0.1) is 6.61 Å². The van der Waals surface area contributed by atoms with E-state index in [2.05, 4.69) is 5.32 Å². The summed E-state index contributed by atoms with van der Waals surface area (Å²) in [5.74, 6) is -1.06. The minimum Gasteiger partial charge on any atom is -0.480 e. The van der Waals surface area contributed by atoms with Gasteiger partial charge in [0.1, 0.15) is 6.04 Å². The average Bonchev–Trinajstić information content (AvgIpc) is 2.29. The number of aliphatic carboxylic acids is 1. The molecule has 3 N–H and O–H groups in total. The maximum absolute atomic E-state index is 12.0. The lowest BCUT2D eigenvalue weighted by Crippen LogP contribution is -2.53. The topological polar surface area (TPSA) is 89.9 Å². The van der Waals surface area contributed by atoms with Crippen molar-refractivity contribution < 1.29 is 19.8 Å². The van der Waals surface area contributed by atoms with Crippen LogP contribution in [0.4, 0.5) is 4.79 Å². The number of hydrogen-bond acceptors (Lipinski definition) is 3. The first-order chi connectivity index (χ1) is 8.73. The molecule has 0 unspecified atom stereocenters. The lowest BCUT2D eigenvalue weighted by Gasteiger charge is -2.31. The number of nitrogens with one attached hydrogen (secondary N) is 1. The molecule has 0 radical (unpaired) electrons. The van der Waals surface area contributed by atoms with Crippen LogP contribution in [0.1, 0.15) is 40.5 Å². The van der Waals surface area contributed by atoms with Crippen LogP contribution in [-0.2, 0) is 4.79 Å². The third kappa shape index (κ3) is 6.42. The van der Waals surface area contributed by atoms with Crippen LogP contribution in [0.15, 0.2) is 0 Å². The highest BCUT2D eigenvalue weighted by atomic mass is 16.4. The molecule has 0 saturated heterocycles. The maximum atomic E-state index is 12.0. The van der Waals surface area contributed by atoms with E-state index in [1.165, 1.54) is 4.90 Å². The Morgan fingerprint density at radius 1 is 1.26 bits per heavy atom. The molecule has 112 valence electrons. The summed E-state index contributed by atoms with van der Waals surface area (Å²) in [6.07, 6.45) is 1.75. The minimum atomic E-state index is -1.06. The van der Waals surface area contributed by atoms with Crippen molar-refractivity contribution in [3.05, 3.63) is 0 Å². The Morgan fingerprint density at radius 2 is 1.84 bits per heavy atom. The number of rotatable bonds is 7. The molecule has 0 saturated carbocycles. The first-order valence-corrected chi connectivity index (χ1v) is 6.63. The number of urea groups is 1. The summed E-state index contributed by atoms with van der Waals surface area (Å²) in [6, 6.07) is -1.40. The highest BCUT2D eigenvalue weighted by molar-refractivity contribution is 5.83. The molecule has 0 heterocycles. The highest BCUT2D eigenvalue weighted by Crippen LogP contribution is 2.19. The Hall–Kier alpha value is -1.30. The van der Waals surface area contributed by atoms with E-state index in [1.807, 2.05) is 6.92 Å². The number of carboxylic acid groups (broad SMARTS) is 1. The van der Waals surface area contributed by atoms with Gasteiger partial charge < -0.3 is 20.4 Å². The Kier molecular flexibility index (Phi) is 7.44. The molecule has 0 aromatic carbocycles. The molecule has 0 aromatic heterocycles. The fourth-order valence-electron chi connectivity index (χ4n) is 1.65. The zero-order valence-electron chi connectivity index (χ0n) is 12.3. The predicted molar refractivity (Wildman–Crippen MR) is 73.0 cm³/mol. The van der Waals surface area contributed by atoms with Gasteiger partial charge >= 0.3 is 12.0 Å². The summed E-state index contributed by atoms with van der Waals surface area (Å²) in [4.78, 5) is 24.7. The van der Waals surface area contributed by atoms with Gasteiger partial charge in [-0.2, -0.15) is 0 Å². The molecule has 0 spiro atoms. The summed E-state index contributed by atoms with van der Waals surface area (Å²) in [6.45, 7) is 7.87. The van der Waals surface area contributed by atoms with Crippen molar-refractivity contribution in [3.8, 4) is 0 Å². The molecule has 6 heteroatoms. The van der Waals surface area contributed by atoms with Crippen LogP contribution in [0, 0.1) is 5.41 Å². The number of nitrogens with zero attached hydrogens (tertiary/aromatic N) is 1. The second-order valence-electron chi connectivity index (χ2n) is 5.65. The maximum Gasteiger partial charge on any atom is 0.326 e. The van der Waals surface area contributed by atoms with Crippen molar-refractivity contribution in [2.45, 2.75) is 46.6 Å². The highest BCUT2D eigenvalue weighted by Gasteiger charge is 2.33. The summed E-state index contributed by atoms with van der Waals surface area (Å²) < 4.78 is 0. The Bertz CT molecular complexity index is 300. The molecule has 0 rings (SSSR count). The van der Waals surface area contributed by atoms with Crippen molar-refractivity contribution >= 4 is 12.0 Å². The average molecular weight is 274 g/mol. The molecule has 0 aromatic rings. The summed E-state index contributed by atoms with van der Waals surface area (Å²) in [5, 5.41) is 20.6. The van der Waals surface area contributed by atoms with Gasteiger partial charge in [-0.05, 0) is 11.8 Å². The fourth-order valence-corrected chi connectivity index (χ4v) is 1.65. The summed E-state index contributed by atoms with van der Waals surface area (Å²) in [5.41, 5.74) is -0.572. The monoisotopic (exact) mass is 274 g/mol. The number of carbonyl (C=O) groups is 2. The van der Waals surface area contributed by atoms with Gasteiger partial charge in [-0.1, -0.05) is 34.1 Å². The van der Waals surface area contributed by atoms with Gasteiger partial charge in [-0.25, -0.2) is 9.59 Å². The minimum absolute atomic E-state index is 0.135.